The average molecular weight is 344 g/mol. The van der Waals surface area contributed by atoms with E-state index in [9.17, 15) is 14.4 Å². The maximum Gasteiger partial charge on any atom is 0.255 e. The minimum atomic E-state index is -0.630. The van der Waals surface area contributed by atoms with E-state index in [0.717, 1.165) is 30.4 Å². The van der Waals surface area contributed by atoms with Crippen LogP contribution in [0.4, 0.5) is 0 Å². The molecule has 0 saturated heterocycles. The van der Waals surface area contributed by atoms with Gasteiger partial charge in [0.1, 0.15) is 18.1 Å². The summed E-state index contributed by atoms with van der Waals surface area (Å²) in [6.45, 7) is 0.368. The molecule has 0 bridgehead atoms. The van der Waals surface area contributed by atoms with Crippen molar-refractivity contribution in [1.82, 2.24) is 10.2 Å². The Morgan fingerprint density at radius 2 is 2.16 bits per heavy atom. The van der Waals surface area contributed by atoms with Crippen LogP contribution in [0.2, 0.25) is 0 Å². The molecular weight excluding hydrogens is 320 g/mol. The molecule has 1 saturated carbocycles. The first kappa shape index (κ1) is 17.5. The largest absolute Gasteiger partial charge is 0.490 e. The quantitative estimate of drug-likeness (QED) is 0.768. The van der Waals surface area contributed by atoms with Crippen LogP contribution >= 0.6 is 0 Å². The number of rotatable bonds is 7. The van der Waals surface area contributed by atoms with E-state index in [4.69, 9.17) is 4.74 Å². The van der Waals surface area contributed by atoms with Gasteiger partial charge in [0.05, 0.1) is 6.10 Å². The maximum absolute atomic E-state index is 12.7. The van der Waals surface area contributed by atoms with E-state index >= 15 is 0 Å². The predicted octanol–water partition coefficient (Wildman–Crippen LogP) is 2.06. The molecule has 1 aliphatic carbocycles. The second-order valence-electron chi connectivity index (χ2n) is 6.65. The topological polar surface area (TPSA) is 75.7 Å². The van der Waals surface area contributed by atoms with Crippen LogP contribution in [0.1, 0.15) is 54.4 Å². The SMILES string of the molecule is CNC(=O)C(CCC=O)N1Cc2cc(OC3CCCC3)ccc2C1=O. The van der Waals surface area contributed by atoms with Crippen molar-refractivity contribution < 1.29 is 19.1 Å². The molecule has 25 heavy (non-hydrogen) atoms. The molecule has 0 spiro atoms. The zero-order valence-corrected chi connectivity index (χ0v) is 14.5. The summed E-state index contributed by atoms with van der Waals surface area (Å²) >= 11 is 0. The van der Waals surface area contributed by atoms with Gasteiger partial charge in [-0.05, 0) is 55.9 Å². The Morgan fingerprint density at radius 3 is 2.84 bits per heavy atom. The molecule has 134 valence electrons. The summed E-state index contributed by atoms with van der Waals surface area (Å²) in [6.07, 6.45) is 6.16. The van der Waals surface area contributed by atoms with Crippen molar-refractivity contribution in [3.63, 3.8) is 0 Å². The van der Waals surface area contributed by atoms with Gasteiger partial charge in [-0.2, -0.15) is 0 Å². The molecule has 6 heteroatoms. The molecule has 1 unspecified atom stereocenters. The summed E-state index contributed by atoms with van der Waals surface area (Å²) in [5.74, 6) is 0.372. The molecule has 6 nitrogen and oxygen atoms in total. The number of hydrogen-bond donors (Lipinski definition) is 1. The number of benzene rings is 1. The Bertz CT molecular complexity index is 667. The number of carbonyl (C=O) groups is 3. The van der Waals surface area contributed by atoms with Crippen LogP contribution < -0.4 is 10.1 Å². The van der Waals surface area contributed by atoms with Crippen molar-refractivity contribution in [2.24, 2.45) is 0 Å². The lowest BCUT2D eigenvalue weighted by Gasteiger charge is -2.25. The Hall–Kier alpha value is -2.37. The second kappa shape index (κ2) is 7.68. The number of nitrogens with one attached hydrogen (secondary N) is 1. The number of likely N-dealkylation sites (N-methyl/N-ethyl adjacent to an activating group) is 1. The van der Waals surface area contributed by atoms with Crippen LogP contribution in [0.3, 0.4) is 0 Å². The zero-order valence-electron chi connectivity index (χ0n) is 14.5. The van der Waals surface area contributed by atoms with E-state index < -0.39 is 6.04 Å². The van der Waals surface area contributed by atoms with Crippen LogP contribution in [0.25, 0.3) is 0 Å². The van der Waals surface area contributed by atoms with E-state index in [1.165, 1.54) is 19.9 Å². The highest BCUT2D eigenvalue weighted by molar-refractivity contribution is 6.01. The number of aldehydes is 1. The van der Waals surface area contributed by atoms with E-state index in [0.29, 0.717) is 18.5 Å². The van der Waals surface area contributed by atoms with Crippen LogP contribution in [-0.2, 0) is 16.1 Å². The first-order valence-corrected chi connectivity index (χ1v) is 8.90. The third-order valence-electron chi connectivity index (χ3n) is 5.00. The lowest BCUT2D eigenvalue weighted by molar-refractivity contribution is -0.125. The third-order valence-corrected chi connectivity index (χ3v) is 5.00. The zero-order chi connectivity index (χ0) is 17.8. The van der Waals surface area contributed by atoms with Crippen LogP contribution in [-0.4, -0.2) is 42.2 Å². The van der Waals surface area contributed by atoms with Gasteiger partial charge in [-0.1, -0.05) is 0 Å². The summed E-state index contributed by atoms with van der Waals surface area (Å²) in [4.78, 5) is 37.1. The van der Waals surface area contributed by atoms with Gasteiger partial charge < -0.3 is 19.7 Å². The van der Waals surface area contributed by atoms with E-state index in [-0.39, 0.29) is 24.3 Å². The molecule has 2 amide bonds. The molecule has 0 aromatic heterocycles. The fourth-order valence-corrected chi connectivity index (χ4v) is 3.66. The standard InChI is InChI=1S/C19H24N2O4/c1-20-18(23)17(7-4-10-22)21-12-13-11-15(8-9-16(13)19(21)24)25-14-5-2-3-6-14/h8-11,14,17H,2-7,12H2,1H3,(H,20,23). The monoisotopic (exact) mass is 344 g/mol. The Balaban J connectivity index is 1.76. The van der Waals surface area contributed by atoms with Crippen molar-refractivity contribution in [3.05, 3.63) is 29.3 Å². The molecular formula is C19H24N2O4. The number of hydrogen-bond acceptors (Lipinski definition) is 4. The van der Waals surface area contributed by atoms with Crippen molar-refractivity contribution in [1.29, 1.82) is 0 Å². The average Bonchev–Trinajstić information content (AvgIpc) is 3.23. The summed E-state index contributed by atoms with van der Waals surface area (Å²) in [7, 11) is 1.54. The molecule has 1 heterocycles. The maximum atomic E-state index is 12.7. The number of fused-ring (bicyclic) bond motifs is 1. The summed E-state index contributed by atoms with van der Waals surface area (Å²) in [5.41, 5.74) is 1.49. The van der Waals surface area contributed by atoms with Gasteiger partial charge in [-0.25, -0.2) is 0 Å². The number of nitrogens with zero attached hydrogens (tertiary/aromatic N) is 1. The lowest BCUT2D eigenvalue weighted by Crippen LogP contribution is -2.46. The van der Waals surface area contributed by atoms with Crippen LogP contribution in [0, 0.1) is 0 Å². The van der Waals surface area contributed by atoms with Gasteiger partial charge in [0.15, 0.2) is 0 Å². The van der Waals surface area contributed by atoms with Gasteiger partial charge in [-0.15, -0.1) is 0 Å². The van der Waals surface area contributed by atoms with Crippen molar-refractivity contribution in [3.8, 4) is 5.75 Å². The van der Waals surface area contributed by atoms with Gasteiger partial charge in [0, 0.05) is 25.6 Å². The van der Waals surface area contributed by atoms with Crippen molar-refractivity contribution in [2.75, 3.05) is 7.05 Å². The first-order valence-electron chi connectivity index (χ1n) is 8.90. The summed E-state index contributed by atoms with van der Waals surface area (Å²) < 4.78 is 6.01. The Morgan fingerprint density at radius 1 is 1.40 bits per heavy atom. The smallest absolute Gasteiger partial charge is 0.255 e. The highest BCUT2D eigenvalue weighted by Gasteiger charge is 2.36. The van der Waals surface area contributed by atoms with E-state index in [1.807, 2.05) is 12.1 Å². The van der Waals surface area contributed by atoms with E-state index in [2.05, 4.69) is 5.32 Å². The van der Waals surface area contributed by atoms with Gasteiger partial charge in [0.25, 0.3) is 5.91 Å². The van der Waals surface area contributed by atoms with Crippen LogP contribution in [0.5, 0.6) is 5.75 Å². The summed E-state index contributed by atoms with van der Waals surface area (Å²) in [6, 6.07) is 4.89. The molecule has 1 N–H and O–H groups in total. The summed E-state index contributed by atoms with van der Waals surface area (Å²) in [5, 5.41) is 2.58. The van der Waals surface area contributed by atoms with Gasteiger partial charge in [-0.3, -0.25) is 9.59 Å². The fraction of sp³-hybridized carbons (Fsp3) is 0.526. The number of carbonyl (C=O) groups excluding carboxylic acids is 3. The molecule has 0 radical (unpaired) electrons. The second-order valence-corrected chi connectivity index (χ2v) is 6.65. The molecule has 1 fully saturated rings. The molecule has 2 aliphatic rings. The predicted molar refractivity (Wildman–Crippen MR) is 92.4 cm³/mol. The van der Waals surface area contributed by atoms with Crippen LogP contribution in [0.15, 0.2) is 18.2 Å². The van der Waals surface area contributed by atoms with Gasteiger partial charge >= 0.3 is 0 Å². The van der Waals surface area contributed by atoms with Gasteiger partial charge in [0.2, 0.25) is 5.91 Å². The number of ether oxygens (including phenoxy) is 1. The molecule has 1 aromatic carbocycles. The lowest BCUT2D eigenvalue weighted by atomic mass is 10.1. The van der Waals surface area contributed by atoms with E-state index in [1.54, 1.807) is 11.0 Å². The minimum absolute atomic E-state index is 0.165. The molecule has 3 rings (SSSR count). The normalized spacial score (nSPS) is 18.1. The highest BCUT2D eigenvalue weighted by Crippen LogP contribution is 2.31. The Labute approximate surface area is 147 Å². The highest BCUT2D eigenvalue weighted by atomic mass is 16.5. The fourth-order valence-electron chi connectivity index (χ4n) is 3.66. The minimum Gasteiger partial charge on any atom is -0.490 e. The van der Waals surface area contributed by atoms with Crippen molar-refractivity contribution in [2.45, 2.75) is 57.2 Å². The molecule has 1 aromatic rings. The third kappa shape index (κ3) is 3.67. The number of amides is 2. The molecule has 1 aliphatic heterocycles. The molecule has 1 atom stereocenters. The first-order chi connectivity index (χ1) is 12.1. The van der Waals surface area contributed by atoms with Crippen molar-refractivity contribution >= 4 is 18.1 Å². The Kier molecular flexibility index (Phi) is 5.36.